The molecule has 0 spiro atoms. The van der Waals surface area contributed by atoms with Crippen LogP contribution in [0, 0.1) is 6.92 Å². The van der Waals surface area contributed by atoms with Gasteiger partial charge in [-0.15, -0.1) is 11.3 Å². The van der Waals surface area contributed by atoms with Crippen molar-refractivity contribution in [2.75, 3.05) is 6.54 Å². The maximum atomic E-state index is 12.8. The van der Waals surface area contributed by atoms with E-state index >= 15 is 0 Å². The lowest BCUT2D eigenvalue weighted by molar-refractivity contribution is 0.0955. The van der Waals surface area contributed by atoms with Crippen molar-refractivity contribution in [3.8, 4) is 11.3 Å². The minimum absolute atomic E-state index is 0.141. The van der Waals surface area contributed by atoms with Gasteiger partial charge in [-0.1, -0.05) is 41.6 Å². The Morgan fingerprint density at radius 2 is 2.04 bits per heavy atom. The van der Waals surface area contributed by atoms with Crippen LogP contribution in [-0.4, -0.2) is 22.6 Å². The number of pyridine rings is 1. The Labute approximate surface area is 154 Å². The second-order valence-corrected chi connectivity index (χ2v) is 6.99. The van der Waals surface area contributed by atoms with E-state index in [0.29, 0.717) is 34.6 Å². The summed E-state index contributed by atoms with van der Waals surface area (Å²) in [6.45, 7) is 2.40. The van der Waals surface area contributed by atoms with Crippen LogP contribution >= 0.6 is 11.3 Å². The van der Waals surface area contributed by atoms with E-state index in [-0.39, 0.29) is 5.91 Å². The number of aromatic nitrogens is 2. The predicted molar refractivity (Wildman–Crippen MR) is 102 cm³/mol. The zero-order valence-corrected chi connectivity index (χ0v) is 15.0. The van der Waals surface area contributed by atoms with Gasteiger partial charge in [-0.25, -0.2) is 4.98 Å². The molecule has 0 unspecified atom stereocenters. The van der Waals surface area contributed by atoms with Crippen molar-refractivity contribution in [3.05, 3.63) is 70.0 Å². The smallest absolute Gasteiger partial charge is 0.259 e. The third-order valence-electron chi connectivity index (χ3n) is 4.17. The Balaban J connectivity index is 1.66. The average molecular weight is 363 g/mol. The lowest BCUT2D eigenvalue weighted by atomic mass is 10.1. The molecule has 1 N–H and O–H groups in total. The van der Waals surface area contributed by atoms with E-state index in [1.54, 1.807) is 11.3 Å². The highest BCUT2D eigenvalue weighted by molar-refractivity contribution is 7.09. The minimum Gasteiger partial charge on any atom is -0.352 e. The van der Waals surface area contributed by atoms with Gasteiger partial charge in [0.15, 0.2) is 0 Å². The molecule has 4 aromatic rings. The van der Waals surface area contributed by atoms with Crippen LogP contribution in [0.15, 0.2) is 58.4 Å². The van der Waals surface area contributed by atoms with Gasteiger partial charge in [0, 0.05) is 17.0 Å². The number of rotatable bonds is 5. The predicted octanol–water partition coefficient (Wildman–Crippen LogP) is 4.23. The maximum Gasteiger partial charge on any atom is 0.259 e. The lowest BCUT2D eigenvalue weighted by Gasteiger charge is -2.08. The Hall–Kier alpha value is -2.99. The normalized spacial score (nSPS) is 11.0. The Bertz CT molecular complexity index is 1040. The van der Waals surface area contributed by atoms with Crippen molar-refractivity contribution in [3.63, 3.8) is 0 Å². The van der Waals surface area contributed by atoms with Gasteiger partial charge >= 0.3 is 0 Å². The van der Waals surface area contributed by atoms with E-state index in [9.17, 15) is 4.79 Å². The van der Waals surface area contributed by atoms with Crippen LogP contribution < -0.4 is 5.32 Å². The molecule has 3 aromatic heterocycles. The summed E-state index contributed by atoms with van der Waals surface area (Å²) in [5.41, 5.74) is 3.20. The summed E-state index contributed by atoms with van der Waals surface area (Å²) in [7, 11) is 0. The molecule has 0 atom stereocenters. The molecule has 0 aliphatic rings. The number of aryl methyl sites for hydroxylation is 1. The van der Waals surface area contributed by atoms with Crippen LogP contribution in [0.1, 0.15) is 20.9 Å². The second-order valence-electron chi connectivity index (χ2n) is 5.95. The molecule has 6 heteroatoms. The van der Waals surface area contributed by atoms with Crippen molar-refractivity contribution in [1.82, 2.24) is 15.5 Å². The van der Waals surface area contributed by atoms with Gasteiger partial charge in [0.1, 0.15) is 0 Å². The van der Waals surface area contributed by atoms with Crippen molar-refractivity contribution >= 4 is 28.3 Å². The number of nitrogens with zero attached hydrogens (tertiary/aromatic N) is 2. The number of hydrogen-bond acceptors (Lipinski definition) is 5. The number of benzene rings is 1. The van der Waals surface area contributed by atoms with E-state index < -0.39 is 0 Å². The maximum absolute atomic E-state index is 12.8. The van der Waals surface area contributed by atoms with E-state index in [4.69, 9.17) is 4.52 Å². The molecule has 0 bridgehead atoms. The van der Waals surface area contributed by atoms with Crippen LogP contribution in [0.4, 0.5) is 0 Å². The van der Waals surface area contributed by atoms with Crippen LogP contribution in [0.3, 0.4) is 0 Å². The highest BCUT2D eigenvalue weighted by atomic mass is 32.1. The van der Waals surface area contributed by atoms with Gasteiger partial charge in [-0.2, -0.15) is 0 Å². The summed E-state index contributed by atoms with van der Waals surface area (Å²) in [5.74, 6) is -0.141. The monoisotopic (exact) mass is 363 g/mol. The zero-order valence-electron chi connectivity index (χ0n) is 14.2. The Morgan fingerprint density at radius 1 is 1.19 bits per heavy atom. The number of fused-ring (bicyclic) bond motifs is 1. The quantitative estimate of drug-likeness (QED) is 0.576. The third-order valence-corrected chi connectivity index (χ3v) is 5.10. The third kappa shape index (κ3) is 3.23. The molecular weight excluding hydrogens is 346 g/mol. The summed E-state index contributed by atoms with van der Waals surface area (Å²) in [6, 6.07) is 15.6. The first kappa shape index (κ1) is 16.5. The summed E-state index contributed by atoms with van der Waals surface area (Å²) in [6.07, 6.45) is 0.811. The van der Waals surface area contributed by atoms with Gasteiger partial charge < -0.3 is 9.84 Å². The average Bonchev–Trinajstić information content (AvgIpc) is 3.32. The summed E-state index contributed by atoms with van der Waals surface area (Å²) in [4.78, 5) is 18.6. The molecule has 1 aromatic carbocycles. The molecule has 0 radical (unpaired) electrons. The molecule has 26 heavy (non-hydrogen) atoms. The van der Waals surface area contributed by atoms with Gasteiger partial charge in [0.05, 0.1) is 22.3 Å². The van der Waals surface area contributed by atoms with Crippen LogP contribution in [0.25, 0.3) is 22.4 Å². The number of carbonyl (C=O) groups is 1. The molecule has 3 heterocycles. The molecule has 5 nitrogen and oxygen atoms in total. The molecule has 4 rings (SSSR count). The molecule has 0 fully saturated rings. The van der Waals surface area contributed by atoms with Crippen molar-refractivity contribution in [2.45, 2.75) is 13.3 Å². The van der Waals surface area contributed by atoms with Crippen molar-refractivity contribution in [1.29, 1.82) is 0 Å². The van der Waals surface area contributed by atoms with E-state index in [1.165, 1.54) is 4.88 Å². The minimum atomic E-state index is -0.141. The van der Waals surface area contributed by atoms with Crippen molar-refractivity contribution in [2.24, 2.45) is 0 Å². The summed E-state index contributed by atoms with van der Waals surface area (Å²) in [5, 5.41) is 9.68. The highest BCUT2D eigenvalue weighted by Gasteiger charge is 2.19. The van der Waals surface area contributed by atoms with Crippen LogP contribution in [0.2, 0.25) is 0 Å². The summed E-state index contributed by atoms with van der Waals surface area (Å²) >= 11 is 1.69. The fraction of sp³-hybridized carbons (Fsp3) is 0.150. The first-order valence-electron chi connectivity index (χ1n) is 8.35. The van der Waals surface area contributed by atoms with Gasteiger partial charge in [0.2, 0.25) is 0 Å². The SMILES string of the molecule is Cc1noc2nc(-c3ccccc3)cc(C(=O)NCCc3cccs3)c12. The van der Waals surface area contributed by atoms with Gasteiger partial charge in [-0.05, 0) is 30.9 Å². The first-order valence-corrected chi connectivity index (χ1v) is 9.23. The Morgan fingerprint density at radius 3 is 2.81 bits per heavy atom. The van der Waals surface area contributed by atoms with Gasteiger partial charge in [-0.3, -0.25) is 4.79 Å². The second kappa shape index (κ2) is 7.09. The first-order chi connectivity index (χ1) is 12.7. The van der Waals surface area contributed by atoms with Crippen LogP contribution in [-0.2, 0) is 6.42 Å². The van der Waals surface area contributed by atoms with Crippen molar-refractivity contribution < 1.29 is 9.32 Å². The van der Waals surface area contributed by atoms with Gasteiger partial charge in [0.25, 0.3) is 11.6 Å². The number of carbonyl (C=O) groups excluding carboxylic acids is 1. The largest absolute Gasteiger partial charge is 0.352 e. The van der Waals surface area contributed by atoms with E-state index in [2.05, 4.69) is 21.5 Å². The fourth-order valence-corrected chi connectivity index (χ4v) is 3.59. The summed E-state index contributed by atoms with van der Waals surface area (Å²) < 4.78 is 5.33. The lowest BCUT2D eigenvalue weighted by Crippen LogP contribution is -2.26. The molecule has 0 aliphatic carbocycles. The molecule has 1 amide bonds. The number of hydrogen-bond donors (Lipinski definition) is 1. The topological polar surface area (TPSA) is 68.0 Å². The van der Waals surface area contributed by atoms with E-state index in [0.717, 1.165) is 12.0 Å². The molecule has 0 saturated heterocycles. The number of amides is 1. The molecule has 130 valence electrons. The highest BCUT2D eigenvalue weighted by Crippen LogP contribution is 2.26. The number of thiophene rings is 1. The molecular formula is C20H17N3O2S. The zero-order chi connectivity index (χ0) is 17.9. The standard InChI is InChI=1S/C20H17N3O2S/c1-13-18-16(19(24)21-10-9-15-8-5-11-26-15)12-17(22-20(18)25-23-13)14-6-3-2-4-7-14/h2-8,11-12H,9-10H2,1H3,(H,21,24). The molecule has 0 aliphatic heterocycles. The fourth-order valence-electron chi connectivity index (χ4n) is 2.88. The Kier molecular flexibility index (Phi) is 4.50. The van der Waals surface area contributed by atoms with E-state index in [1.807, 2.05) is 54.8 Å². The van der Waals surface area contributed by atoms with Crippen LogP contribution in [0.5, 0.6) is 0 Å². The molecule has 0 saturated carbocycles. The number of nitrogens with one attached hydrogen (secondary N) is 1.